The van der Waals surface area contributed by atoms with E-state index >= 15 is 0 Å². The number of alkyl carbamates (subject to hydrolysis) is 1. The summed E-state index contributed by atoms with van der Waals surface area (Å²) in [5.74, 6) is -1.22. The number of carbonyl (C=O) groups is 3. The lowest BCUT2D eigenvalue weighted by molar-refractivity contribution is -0.155. The molecule has 2 heterocycles. The maximum atomic E-state index is 12.7. The fraction of sp³-hybridized carbons (Fsp3) is 0.308. The Balaban J connectivity index is 1.17. The van der Waals surface area contributed by atoms with E-state index in [4.69, 9.17) is 4.74 Å². The van der Waals surface area contributed by atoms with Crippen LogP contribution in [0.4, 0.5) is 4.79 Å². The summed E-state index contributed by atoms with van der Waals surface area (Å²) in [7, 11) is 0. The van der Waals surface area contributed by atoms with Crippen molar-refractivity contribution in [1.29, 1.82) is 0 Å². The summed E-state index contributed by atoms with van der Waals surface area (Å²) in [6.07, 6.45) is -0.549. The molecule has 1 aliphatic carbocycles. The Bertz CT molecular complexity index is 1280. The van der Waals surface area contributed by atoms with Crippen molar-refractivity contribution in [3.05, 3.63) is 75.2 Å². The highest BCUT2D eigenvalue weighted by Gasteiger charge is 2.48. The van der Waals surface area contributed by atoms with Crippen LogP contribution in [0.2, 0.25) is 0 Å². The molecule has 2 aromatic carbocycles. The van der Waals surface area contributed by atoms with Gasteiger partial charge in [0.2, 0.25) is 0 Å². The van der Waals surface area contributed by atoms with Crippen molar-refractivity contribution in [3.8, 4) is 11.1 Å². The maximum absolute atomic E-state index is 12.7. The highest BCUT2D eigenvalue weighted by Crippen LogP contribution is 2.44. The zero-order chi connectivity index (χ0) is 24.7. The van der Waals surface area contributed by atoms with Gasteiger partial charge < -0.3 is 20.1 Å². The van der Waals surface area contributed by atoms with Gasteiger partial charge in [0.1, 0.15) is 22.7 Å². The number of carbonyl (C=O) groups excluding carboxylic acids is 2. The van der Waals surface area contributed by atoms with Gasteiger partial charge in [0.15, 0.2) is 0 Å². The number of carboxylic acids is 1. The number of likely N-dealkylation sites (tertiary alicyclic amines) is 1. The third-order valence-electron chi connectivity index (χ3n) is 6.65. The van der Waals surface area contributed by atoms with E-state index in [0.29, 0.717) is 10.7 Å². The molecule has 9 heteroatoms. The first kappa shape index (κ1) is 23.0. The van der Waals surface area contributed by atoms with Gasteiger partial charge in [-0.1, -0.05) is 48.5 Å². The van der Waals surface area contributed by atoms with Crippen LogP contribution in [0.3, 0.4) is 0 Å². The second kappa shape index (κ2) is 8.81. The summed E-state index contributed by atoms with van der Waals surface area (Å²) in [4.78, 5) is 43.0. The number of hydrogen-bond acceptors (Lipinski definition) is 6. The van der Waals surface area contributed by atoms with Crippen molar-refractivity contribution in [2.24, 2.45) is 5.41 Å². The number of ether oxygens (including phenoxy) is 1. The number of fused-ring (bicyclic) bond motifs is 3. The quantitative estimate of drug-likeness (QED) is 0.539. The zero-order valence-corrected chi connectivity index (χ0v) is 20.2. The third kappa shape index (κ3) is 4.16. The van der Waals surface area contributed by atoms with Gasteiger partial charge in [-0.2, -0.15) is 0 Å². The number of rotatable bonds is 6. The van der Waals surface area contributed by atoms with E-state index in [1.807, 2.05) is 24.3 Å². The molecule has 1 aliphatic heterocycles. The average molecular weight is 492 g/mol. The minimum Gasteiger partial charge on any atom is -0.481 e. The van der Waals surface area contributed by atoms with E-state index in [0.717, 1.165) is 16.0 Å². The number of aromatic nitrogens is 1. The van der Waals surface area contributed by atoms with E-state index in [1.165, 1.54) is 27.4 Å². The molecule has 2 aliphatic rings. The van der Waals surface area contributed by atoms with Crippen LogP contribution in [0.5, 0.6) is 0 Å². The topological polar surface area (TPSA) is 109 Å². The minimum absolute atomic E-state index is 0.0208. The number of nitrogens with zero attached hydrogens (tertiary/aromatic N) is 2. The lowest BCUT2D eigenvalue weighted by Gasteiger charge is -2.44. The SMILES string of the molecule is Cc1sc(CNC(=O)OCC2c3ccccc3-c3ccccc32)nc1C(=O)N1CC(C)(C(=O)O)C1. The number of nitrogens with one attached hydrogen (secondary N) is 1. The number of carboxylic acid groups (broad SMARTS) is 1. The minimum atomic E-state index is -0.912. The molecule has 1 aromatic heterocycles. The van der Waals surface area contributed by atoms with E-state index in [-0.39, 0.29) is 38.1 Å². The number of aliphatic carboxylic acids is 1. The fourth-order valence-electron chi connectivity index (χ4n) is 4.75. The fourth-order valence-corrected chi connectivity index (χ4v) is 5.61. The molecule has 0 unspecified atom stereocenters. The van der Waals surface area contributed by atoms with Crippen LogP contribution in [0.15, 0.2) is 48.5 Å². The smallest absolute Gasteiger partial charge is 0.407 e. The molecular formula is C26H25N3O5S. The van der Waals surface area contributed by atoms with E-state index in [2.05, 4.69) is 34.6 Å². The molecule has 0 spiro atoms. The van der Waals surface area contributed by atoms with Crippen LogP contribution in [0, 0.1) is 12.3 Å². The summed E-state index contributed by atoms with van der Waals surface area (Å²) in [6.45, 7) is 4.09. The van der Waals surface area contributed by atoms with Crippen molar-refractivity contribution in [1.82, 2.24) is 15.2 Å². The van der Waals surface area contributed by atoms with Crippen molar-refractivity contribution in [2.45, 2.75) is 26.3 Å². The number of amides is 2. The normalized spacial score (nSPS) is 15.7. The van der Waals surface area contributed by atoms with Gasteiger partial charge in [-0.05, 0) is 36.1 Å². The molecule has 180 valence electrons. The van der Waals surface area contributed by atoms with Crippen molar-refractivity contribution in [2.75, 3.05) is 19.7 Å². The molecule has 35 heavy (non-hydrogen) atoms. The Kier molecular flexibility index (Phi) is 5.80. The Morgan fingerprint density at radius 2 is 1.71 bits per heavy atom. The van der Waals surface area contributed by atoms with Gasteiger partial charge in [-0.3, -0.25) is 9.59 Å². The van der Waals surface area contributed by atoms with Gasteiger partial charge >= 0.3 is 12.1 Å². The van der Waals surface area contributed by atoms with Crippen molar-refractivity contribution < 1.29 is 24.2 Å². The van der Waals surface area contributed by atoms with Gasteiger partial charge in [-0.15, -0.1) is 11.3 Å². The standard InChI is InChI=1S/C26H25N3O5S/c1-15-22(23(30)29-13-26(2,14-29)24(31)32)28-21(35-15)11-27-25(33)34-12-20-18-9-5-3-7-16(18)17-8-4-6-10-19(17)20/h3-10,20H,11-14H2,1-2H3,(H,27,33)(H,31,32). The van der Waals surface area contributed by atoms with Gasteiger partial charge in [0, 0.05) is 23.9 Å². The predicted octanol–water partition coefficient (Wildman–Crippen LogP) is 4.04. The molecule has 1 fully saturated rings. The lowest BCUT2D eigenvalue weighted by Crippen LogP contribution is -2.60. The summed E-state index contributed by atoms with van der Waals surface area (Å²) >= 11 is 1.32. The maximum Gasteiger partial charge on any atom is 0.407 e. The van der Waals surface area contributed by atoms with Crippen LogP contribution in [0.25, 0.3) is 11.1 Å². The van der Waals surface area contributed by atoms with Gasteiger partial charge in [0.05, 0.1) is 6.54 Å². The Labute approximate surface area is 206 Å². The first-order valence-corrected chi connectivity index (χ1v) is 12.2. The van der Waals surface area contributed by atoms with E-state index in [9.17, 15) is 19.5 Å². The third-order valence-corrected chi connectivity index (χ3v) is 7.63. The largest absolute Gasteiger partial charge is 0.481 e. The monoisotopic (exact) mass is 491 g/mol. The molecule has 1 saturated heterocycles. The summed E-state index contributed by atoms with van der Waals surface area (Å²) in [6, 6.07) is 16.3. The zero-order valence-electron chi connectivity index (χ0n) is 19.4. The Hall–Kier alpha value is -3.72. The molecule has 0 radical (unpaired) electrons. The number of thiazole rings is 1. The first-order chi connectivity index (χ1) is 16.8. The number of aryl methyl sites for hydroxylation is 1. The molecule has 3 aromatic rings. The Morgan fingerprint density at radius 3 is 2.31 bits per heavy atom. The van der Waals surface area contributed by atoms with E-state index < -0.39 is 17.5 Å². The number of benzene rings is 2. The predicted molar refractivity (Wildman–Crippen MR) is 130 cm³/mol. The van der Waals surface area contributed by atoms with Crippen LogP contribution in [0.1, 0.15) is 44.3 Å². The van der Waals surface area contributed by atoms with Crippen LogP contribution >= 0.6 is 11.3 Å². The van der Waals surface area contributed by atoms with E-state index in [1.54, 1.807) is 13.8 Å². The molecule has 5 rings (SSSR count). The number of hydrogen-bond donors (Lipinski definition) is 2. The van der Waals surface area contributed by atoms with Crippen LogP contribution < -0.4 is 5.32 Å². The molecule has 0 saturated carbocycles. The highest BCUT2D eigenvalue weighted by molar-refractivity contribution is 7.11. The summed E-state index contributed by atoms with van der Waals surface area (Å²) in [5.41, 5.74) is 4.01. The molecule has 0 atom stereocenters. The second-order valence-electron chi connectivity index (χ2n) is 9.22. The lowest BCUT2D eigenvalue weighted by atomic mass is 9.82. The Morgan fingerprint density at radius 1 is 1.11 bits per heavy atom. The molecule has 2 amide bonds. The van der Waals surface area contributed by atoms with Crippen LogP contribution in [-0.4, -0.2) is 52.7 Å². The van der Waals surface area contributed by atoms with Crippen molar-refractivity contribution >= 4 is 29.3 Å². The van der Waals surface area contributed by atoms with Gasteiger partial charge in [0.25, 0.3) is 5.91 Å². The summed E-state index contributed by atoms with van der Waals surface area (Å²) < 4.78 is 5.55. The first-order valence-electron chi connectivity index (χ1n) is 11.3. The molecular weight excluding hydrogens is 466 g/mol. The van der Waals surface area contributed by atoms with Crippen LogP contribution in [-0.2, 0) is 16.1 Å². The average Bonchev–Trinajstić information content (AvgIpc) is 3.36. The van der Waals surface area contributed by atoms with Gasteiger partial charge in [-0.25, -0.2) is 9.78 Å². The van der Waals surface area contributed by atoms with Crippen molar-refractivity contribution in [3.63, 3.8) is 0 Å². The molecule has 0 bridgehead atoms. The molecule has 2 N–H and O–H groups in total. The summed E-state index contributed by atoms with van der Waals surface area (Å²) in [5, 5.41) is 12.6. The second-order valence-corrected chi connectivity index (χ2v) is 10.5. The molecule has 8 nitrogen and oxygen atoms in total. The highest BCUT2D eigenvalue weighted by atomic mass is 32.1.